The zero-order valence-electron chi connectivity index (χ0n) is 10.8. The quantitative estimate of drug-likeness (QED) is 0.619. The van der Waals surface area contributed by atoms with Crippen LogP contribution in [0.2, 0.25) is 0 Å². The predicted molar refractivity (Wildman–Crippen MR) is 65.7 cm³/mol. The Hall–Kier alpha value is -0.460. The monoisotopic (exact) mass is 210 g/mol. The maximum Gasteiger partial charge on any atom is 0.0982 e. The van der Waals surface area contributed by atoms with Gasteiger partial charge in [-0.15, -0.1) is 0 Å². The van der Waals surface area contributed by atoms with Crippen LogP contribution in [0.25, 0.3) is 0 Å². The molecule has 0 aromatic carbocycles. The molecule has 1 fully saturated rings. The Morgan fingerprint density at radius 2 is 1.80 bits per heavy atom. The van der Waals surface area contributed by atoms with E-state index < -0.39 is 0 Å². The van der Waals surface area contributed by atoms with Gasteiger partial charge >= 0.3 is 0 Å². The maximum atomic E-state index is 6.00. The van der Waals surface area contributed by atoms with E-state index in [0.29, 0.717) is 6.10 Å². The number of hydrogen-bond acceptors (Lipinski definition) is 1. The van der Waals surface area contributed by atoms with E-state index in [2.05, 4.69) is 34.3 Å². The molecule has 0 radical (unpaired) electrons. The topological polar surface area (TPSA) is 9.23 Å². The van der Waals surface area contributed by atoms with Crippen LogP contribution in [0, 0.1) is 11.3 Å². The van der Waals surface area contributed by atoms with Gasteiger partial charge in [0.2, 0.25) is 0 Å². The summed E-state index contributed by atoms with van der Waals surface area (Å²) >= 11 is 0. The maximum absolute atomic E-state index is 6.00. The Balaban J connectivity index is 2.39. The highest BCUT2D eigenvalue weighted by Gasteiger charge is 2.25. The summed E-state index contributed by atoms with van der Waals surface area (Å²) in [5.74, 6) is 1.86. The third-order valence-electron chi connectivity index (χ3n) is 3.91. The molecule has 1 saturated carbocycles. The summed E-state index contributed by atoms with van der Waals surface area (Å²) in [5, 5.41) is 0. The first-order chi connectivity index (χ1) is 6.95. The fourth-order valence-electron chi connectivity index (χ4n) is 1.91. The lowest BCUT2D eigenvalue weighted by Gasteiger charge is -2.33. The molecule has 0 aliphatic heterocycles. The third kappa shape index (κ3) is 3.55. The number of ether oxygens (including phenoxy) is 1. The van der Waals surface area contributed by atoms with E-state index in [4.69, 9.17) is 4.74 Å². The summed E-state index contributed by atoms with van der Waals surface area (Å²) in [6.45, 7) is 13.0. The summed E-state index contributed by atoms with van der Waals surface area (Å²) in [6.07, 6.45) is 6.56. The van der Waals surface area contributed by atoms with Crippen molar-refractivity contribution < 1.29 is 4.74 Å². The molecule has 1 aliphatic carbocycles. The first kappa shape index (κ1) is 12.6. The minimum Gasteiger partial charge on any atom is -0.495 e. The fourth-order valence-corrected chi connectivity index (χ4v) is 1.91. The molecular weight excluding hydrogens is 184 g/mol. The van der Waals surface area contributed by atoms with Gasteiger partial charge in [0.15, 0.2) is 0 Å². The van der Waals surface area contributed by atoms with Crippen molar-refractivity contribution in [3.63, 3.8) is 0 Å². The summed E-state index contributed by atoms with van der Waals surface area (Å²) in [6, 6.07) is 0. The van der Waals surface area contributed by atoms with Gasteiger partial charge in [0.05, 0.1) is 11.9 Å². The Bertz CT molecular complexity index is 209. The molecule has 0 spiro atoms. The van der Waals surface area contributed by atoms with Crippen LogP contribution in [0.1, 0.15) is 59.8 Å². The number of hydrogen-bond donors (Lipinski definition) is 0. The standard InChI is InChI=1S/C14H26O/c1-6-14(4,5)12(3)15-13-9-7-11(2)8-10-13/h11,13H,3,6-10H2,1-2,4-5H3. The average molecular weight is 210 g/mol. The van der Waals surface area contributed by atoms with Gasteiger partial charge in [-0.3, -0.25) is 0 Å². The first-order valence-corrected chi connectivity index (χ1v) is 6.31. The Kier molecular flexibility index (Phi) is 4.24. The van der Waals surface area contributed by atoms with Crippen LogP contribution in [-0.4, -0.2) is 6.10 Å². The summed E-state index contributed by atoms with van der Waals surface area (Å²) in [5.41, 5.74) is 0.128. The van der Waals surface area contributed by atoms with E-state index in [1.807, 2.05) is 0 Å². The SMILES string of the molecule is C=C(OC1CCC(C)CC1)C(C)(C)CC. The van der Waals surface area contributed by atoms with Crippen molar-refractivity contribution >= 4 is 0 Å². The first-order valence-electron chi connectivity index (χ1n) is 6.31. The van der Waals surface area contributed by atoms with Gasteiger partial charge in [-0.05, 0) is 38.0 Å². The molecule has 1 aliphatic rings. The van der Waals surface area contributed by atoms with Crippen LogP contribution < -0.4 is 0 Å². The van der Waals surface area contributed by atoms with E-state index in [1.54, 1.807) is 0 Å². The lowest BCUT2D eigenvalue weighted by Crippen LogP contribution is -2.24. The molecule has 0 heterocycles. The highest BCUT2D eigenvalue weighted by Crippen LogP contribution is 2.34. The minimum atomic E-state index is 0.128. The summed E-state index contributed by atoms with van der Waals surface area (Å²) in [7, 11) is 0. The summed E-state index contributed by atoms with van der Waals surface area (Å²) in [4.78, 5) is 0. The Morgan fingerprint density at radius 3 is 2.27 bits per heavy atom. The van der Waals surface area contributed by atoms with Crippen molar-refractivity contribution in [1.29, 1.82) is 0 Å². The molecule has 1 rings (SSSR count). The molecule has 1 nitrogen and oxygen atoms in total. The molecule has 88 valence electrons. The molecular formula is C14H26O. The van der Waals surface area contributed by atoms with Gasteiger partial charge in [-0.1, -0.05) is 34.3 Å². The molecule has 0 saturated heterocycles. The highest BCUT2D eigenvalue weighted by molar-refractivity contribution is 4.99. The lowest BCUT2D eigenvalue weighted by molar-refractivity contribution is 0.0375. The van der Waals surface area contributed by atoms with Crippen LogP contribution in [0.4, 0.5) is 0 Å². The fraction of sp³-hybridized carbons (Fsp3) is 0.857. The minimum absolute atomic E-state index is 0.128. The van der Waals surface area contributed by atoms with Gasteiger partial charge in [0, 0.05) is 5.41 Å². The second-order valence-electron chi connectivity index (χ2n) is 5.66. The molecule has 0 atom stereocenters. The van der Waals surface area contributed by atoms with Crippen LogP contribution in [0.15, 0.2) is 12.3 Å². The van der Waals surface area contributed by atoms with Crippen molar-refractivity contribution in [2.45, 2.75) is 65.9 Å². The molecule has 0 unspecified atom stereocenters. The highest BCUT2D eigenvalue weighted by atomic mass is 16.5. The van der Waals surface area contributed by atoms with Crippen LogP contribution >= 0.6 is 0 Å². The third-order valence-corrected chi connectivity index (χ3v) is 3.91. The van der Waals surface area contributed by atoms with E-state index in [9.17, 15) is 0 Å². The van der Waals surface area contributed by atoms with Crippen molar-refractivity contribution in [3.8, 4) is 0 Å². The largest absolute Gasteiger partial charge is 0.495 e. The van der Waals surface area contributed by atoms with Crippen LogP contribution in [-0.2, 0) is 4.74 Å². The van der Waals surface area contributed by atoms with Gasteiger partial charge in [-0.2, -0.15) is 0 Å². The van der Waals surface area contributed by atoms with Crippen LogP contribution in [0.5, 0.6) is 0 Å². The van der Waals surface area contributed by atoms with Gasteiger partial charge in [0.1, 0.15) is 0 Å². The molecule has 0 amide bonds. The van der Waals surface area contributed by atoms with Gasteiger partial charge < -0.3 is 4.74 Å². The molecule has 0 aromatic heterocycles. The number of allylic oxidation sites excluding steroid dienone is 1. The van der Waals surface area contributed by atoms with Crippen molar-refractivity contribution in [1.82, 2.24) is 0 Å². The normalized spacial score (nSPS) is 27.5. The van der Waals surface area contributed by atoms with E-state index in [-0.39, 0.29) is 5.41 Å². The van der Waals surface area contributed by atoms with Gasteiger partial charge in [0.25, 0.3) is 0 Å². The van der Waals surface area contributed by atoms with Gasteiger partial charge in [-0.25, -0.2) is 0 Å². The average Bonchev–Trinajstić information content (AvgIpc) is 2.21. The second kappa shape index (κ2) is 5.05. The Morgan fingerprint density at radius 1 is 1.27 bits per heavy atom. The van der Waals surface area contributed by atoms with E-state index >= 15 is 0 Å². The predicted octanol–water partition coefficient (Wildman–Crippen LogP) is 4.53. The molecule has 0 N–H and O–H groups in total. The van der Waals surface area contributed by atoms with Crippen molar-refractivity contribution in [3.05, 3.63) is 12.3 Å². The van der Waals surface area contributed by atoms with E-state index in [1.165, 1.54) is 25.7 Å². The zero-order chi connectivity index (χ0) is 11.5. The van der Waals surface area contributed by atoms with Crippen molar-refractivity contribution in [2.24, 2.45) is 11.3 Å². The number of rotatable bonds is 4. The lowest BCUT2D eigenvalue weighted by atomic mass is 9.86. The molecule has 0 aromatic rings. The zero-order valence-corrected chi connectivity index (χ0v) is 10.8. The molecule has 0 bridgehead atoms. The smallest absolute Gasteiger partial charge is 0.0982 e. The molecule has 1 heteroatoms. The Labute approximate surface area is 94.9 Å². The van der Waals surface area contributed by atoms with Crippen LogP contribution in [0.3, 0.4) is 0 Å². The van der Waals surface area contributed by atoms with Crippen molar-refractivity contribution in [2.75, 3.05) is 0 Å². The van der Waals surface area contributed by atoms with E-state index in [0.717, 1.165) is 18.1 Å². The molecule has 15 heavy (non-hydrogen) atoms. The second-order valence-corrected chi connectivity index (χ2v) is 5.66. The summed E-state index contributed by atoms with van der Waals surface area (Å²) < 4.78 is 6.00.